The van der Waals surface area contributed by atoms with Crippen molar-refractivity contribution < 1.29 is 14.2 Å². The first-order chi connectivity index (χ1) is 7.76. The quantitative estimate of drug-likeness (QED) is 0.795. The maximum atomic E-state index is 5.73. The van der Waals surface area contributed by atoms with Crippen molar-refractivity contribution >= 4 is 0 Å². The molecular weight excluding hydrogens is 206 g/mol. The van der Waals surface area contributed by atoms with Crippen molar-refractivity contribution in [3.8, 4) is 11.5 Å². The Hall–Kier alpha value is -1.26. The standard InChI is InChI=1S/C12H19NO3/c1-14-8-9(7-13)11-6-10(15-2)4-5-12(11)16-3/h4-6,9H,7-8,13H2,1-3H3. The molecule has 16 heavy (non-hydrogen) atoms. The van der Waals surface area contributed by atoms with Gasteiger partial charge in [0.15, 0.2) is 0 Å². The van der Waals surface area contributed by atoms with Crippen LogP contribution in [0.3, 0.4) is 0 Å². The molecule has 4 nitrogen and oxygen atoms in total. The second kappa shape index (κ2) is 6.35. The zero-order valence-corrected chi connectivity index (χ0v) is 10.0. The Kier molecular flexibility index (Phi) is 5.08. The average molecular weight is 225 g/mol. The molecule has 0 saturated carbocycles. The fourth-order valence-corrected chi connectivity index (χ4v) is 1.64. The van der Waals surface area contributed by atoms with Gasteiger partial charge in [0, 0.05) is 25.1 Å². The van der Waals surface area contributed by atoms with E-state index in [0.29, 0.717) is 13.2 Å². The van der Waals surface area contributed by atoms with Gasteiger partial charge < -0.3 is 19.9 Å². The highest BCUT2D eigenvalue weighted by atomic mass is 16.5. The highest BCUT2D eigenvalue weighted by Crippen LogP contribution is 2.30. The lowest BCUT2D eigenvalue weighted by molar-refractivity contribution is 0.179. The third kappa shape index (κ3) is 2.87. The molecule has 0 aromatic heterocycles. The maximum Gasteiger partial charge on any atom is 0.122 e. The summed E-state index contributed by atoms with van der Waals surface area (Å²) in [6.07, 6.45) is 0. The van der Waals surface area contributed by atoms with E-state index in [0.717, 1.165) is 17.1 Å². The van der Waals surface area contributed by atoms with E-state index in [1.807, 2.05) is 18.2 Å². The van der Waals surface area contributed by atoms with Crippen LogP contribution < -0.4 is 15.2 Å². The van der Waals surface area contributed by atoms with Crippen LogP contribution in [0.4, 0.5) is 0 Å². The first-order valence-electron chi connectivity index (χ1n) is 5.17. The molecule has 1 unspecified atom stereocenters. The third-order valence-corrected chi connectivity index (χ3v) is 2.53. The van der Waals surface area contributed by atoms with E-state index in [4.69, 9.17) is 19.9 Å². The molecular formula is C12H19NO3. The summed E-state index contributed by atoms with van der Waals surface area (Å²) in [7, 11) is 4.94. The minimum atomic E-state index is 0.120. The predicted octanol–water partition coefficient (Wildman–Crippen LogP) is 1.39. The van der Waals surface area contributed by atoms with Crippen LogP contribution in [0.2, 0.25) is 0 Å². The number of rotatable bonds is 6. The molecule has 4 heteroatoms. The lowest BCUT2D eigenvalue weighted by Gasteiger charge is -2.18. The molecule has 1 aromatic carbocycles. The number of hydrogen-bond acceptors (Lipinski definition) is 4. The van der Waals surface area contributed by atoms with Crippen LogP contribution >= 0.6 is 0 Å². The van der Waals surface area contributed by atoms with Crippen LogP contribution in [0.25, 0.3) is 0 Å². The van der Waals surface area contributed by atoms with Gasteiger partial charge in [0.05, 0.1) is 20.8 Å². The van der Waals surface area contributed by atoms with Gasteiger partial charge in [-0.3, -0.25) is 0 Å². The topological polar surface area (TPSA) is 53.7 Å². The molecule has 0 spiro atoms. The van der Waals surface area contributed by atoms with E-state index in [9.17, 15) is 0 Å². The van der Waals surface area contributed by atoms with E-state index in [1.54, 1.807) is 21.3 Å². The number of benzene rings is 1. The molecule has 0 aliphatic carbocycles. The van der Waals surface area contributed by atoms with Gasteiger partial charge in [-0.1, -0.05) is 0 Å². The number of nitrogens with two attached hydrogens (primary N) is 1. The zero-order chi connectivity index (χ0) is 12.0. The molecule has 1 atom stereocenters. The summed E-state index contributed by atoms with van der Waals surface area (Å²) in [5, 5.41) is 0. The SMILES string of the molecule is COCC(CN)c1cc(OC)ccc1OC. The van der Waals surface area contributed by atoms with Gasteiger partial charge in [-0.25, -0.2) is 0 Å². The molecule has 1 rings (SSSR count). The summed E-state index contributed by atoms with van der Waals surface area (Å²) in [6, 6.07) is 5.69. The van der Waals surface area contributed by atoms with Crippen molar-refractivity contribution in [1.29, 1.82) is 0 Å². The van der Waals surface area contributed by atoms with Crippen LogP contribution in [0.15, 0.2) is 18.2 Å². The Morgan fingerprint density at radius 2 is 1.94 bits per heavy atom. The summed E-state index contributed by atoms with van der Waals surface area (Å²) < 4.78 is 15.6. The average Bonchev–Trinajstić information content (AvgIpc) is 2.35. The highest BCUT2D eigenvalue weighted by molar-refractivity contribution is 5.42. The Morgan fingerprint density at radius 3 is 2.44 bits per heavy atom. The second-order valence-corrected chi connectivity index (χ2v) is 3.50. The summed E-state index contributed by atoms with van der Waals surface area (Å²) in [4.78, 5) is 0. The zero-order valence-electron chi connectivity index (χ0n) is 10.0. The molecule has 0 radical (unpaired) electrons. The van der Waals surface area contributed by atoms with E-state index < -0.39 is 0 Å². The number of ether oxygens (including phenoxy) is 3. The third-order valence-electron chi connectivity index (χ3n) is 2.53. The number of hydrogen-bond donors (Lipinski definition) is 1. The summed E-state index contributed by atoms with van der Waals surface area (Å²) in [5.74, 6) is 1.73. The fraction of sp³-hybridized carbons (Fsp3) is 0.500. The largest absolute Gasteiger partial charge is 0.497 e. The van der Waals surface area contributed by atoms with Crippen molar-refractivity contribution in [1.82, 2.24) is 0 Å². The molecule has 0 fully saturated rings. The van der Waals surface area contributed by atoms with Crippen molar-refractivity contribution in [2.75, 3.05) is 34.5 Å². The molecule has 0 saturated heterocycles. The molecule has 2 N–H and O–H groups in total. The minimum Gasteiger partial charge on any atom is -0.497 e. The maximum absolute atomic E-state index is 5.73. The Bertz CT molecular complexity index is 328. The lowest BCUT2D eigenvalue weighted by atomic mass is 9.98. The van der Waals surface area contributed by atoms with Gasteiger partial charge >= 0.3 is 0 Å². The molecule has 0 heterocycles. The summed E-state index contributed by atoms with van der Waals surface area (Å²) in [5.41, 5.74) is 6.75. The van der Waals surface area contributed by atoms with Gasteiger partial charge in [0.25, 0.3) is 0 Å². The van der Waals surface area contributed by atoms with Crippen molar-refractivity contribution in [2.24, 2.45) is 5.73 Å². The Morgan fingerprint density at radius 1 is 1.19 bits per heavy atom. The summed E-state index contributed by atoms with van der Waals surface area (Å²) >= 11 is 0. The van der Waals surface area contributed by atoms with Crippen molar-refractivity contribution in [3.05, 3.63) is 23.8 Å². The second-order valence-electron chi connectivity index (χ2n) is 3.50. The van der Waals surface area contributed by atoms with Gasteiger partial charge in [-0.2, -0.15) is 0 Å². The van der Waals surface area contributed by atoms with Crippen LogP contribution in [0.5, 0.6) is 11.5 Å². The Labute approximate surface area is 96.3 Å². The summed E-state index contributed by atoms with van der Waals surface area (Å²) in [6.45, 7) is 1.08. The normalized spacial score (nSPS) is 12.2. The molecule has 90 valence electrons. The van der Waals surface area contributed by atoms with Crippen molar-refractivity contribution in [3.63, 3.8) is 0 Å². The monoisotopic (exact) mass is 225 g/mol. The smallest absolute Gasteiger partial charge is 0.122 e. The van der Waals surface area contributed by atoms with Crippen LogP contribution in [0, 0.1) is 0 Å². The van der Waals surface area contributed by atoms with Gasteiger partial charge in [-0.15, -0.1) is 0 Å². The fourth-order valence-electron chi connectivity index (χ4n) is 1.64. The molecule has 1 aromatic rings. The minimum absolute atomic E-state index is 0.120. The van der Waals surface area contributed by atoms with Crippen LogP contribution in [0.1, 0.15) is 11.5 Å². The molecule has 0 aliphatic heterocycles. The predicted molar refractivity (Wildman–Crippen MR) is 63.2 cm³/mol. The van der Waals surface area contributed by atoms with Crippen molar-refractivity contribution in [2.45, 2.75) is 5.92 Å². The van der Waals surface area contributed by atoms with Gasteiger partial charge in [0.2, 0.25) is 0 Å². The molecule has 0 bridgehead atoms. The van der Waals surface area contributed by atoms with E-state index in [1.165, 1.54) is 0 Å². The Balaban J connectivity index is 3.05. The van der Waals surface area contributed by atoms with Crippen LogP contribution in [-0.4, -0.2) is 34.5 Å². The first-order valence-corrected chi connectivity index (χ1v) is 5.17. The van der Waals surface area contributed by atoms with Gasteiger partial charge in [0.1, 0.15) is 11.5 Å². The van der Waals surface area contributed by atoms with E-state index in [-0.39, 0.29) is 5.92 Å². The van der Waals surface area contributed by atoms with E-state index in [2.05, 4.69) is 0 Å². The number of methoxy groups -OCH3 is 3. The molecule has 0 amide bonds. The van der Waals surface area contributed by atoms with E-state index >= 15 is 0 Å². The first kappa shape index (κ1) is 12.8. The van der Waals surface area contributed by atoms with Crippen LogP contribution in [-0.2, 0) is 4.74 Å². The van der Waals surface area contributed by atoms with Gasteiger partial charge in [-0.05, 0) is 18.2 Å². The highest BCUT2D eigenvalue weighted by Gasteiger charge is 2.15. The molecule has 0 aliphatic rings. The lowest BCUT2D eigenvalue weighted by Crippen LogP contribution is -2.18.